The summed E-state index contributed by atoms with van der Waals surface area (Å²) in [6.45, 7) is 5.30. The zero-order valence-corrected chi connectivity index (χ0v) is 16.9. The quantitative estimate of drug-likeness (QED) is 0.684. The minimum Gasteiger partial charge on any atom is -0.444 e. The Morgan fingerprint density at radius 1 is 0.793 bits per heavy atom. The Labute approximate surface area is 169 Å². The molecule has 0 aromatic heterocycles. The average molecular weight is 399 g/mol. The molecule has 0 saturated heterocycles. The second-order valence-corrected chi connectivity index (χ2v) is 7.22. The molecular formula is C21H25N3O5. The summed E-state index contributed by atoms with van der Waals surface area (Å²) >= 11 is 0. The van der Waals surface area contributed by atoms with E-state index in [1.165, 1.54) is 7.11 Å². The molecule has 3 N–H and O–H groups in total. The van der Waals surface area contributed by atoms with Gasteiger partial charge in [0.15, 0.2) is 0 Å². The molecule has 0 heterocycles. The van der Waals surface area contributed by atoms with Crippen molar-refractivity contribution >= 4 is 35.0 Å². The zero-order valence-electron chi connectivity index (χ0n) is 16.9. The highest BCUT2D eigenvalue weighted by atomic mass is 16.6. The smallest absolute Gasteiger partial charge is 0.412 e. The fourth-order valence-corrected chi connectivity index (χ4v) is 2.29. The van der Waals surface area contributed by atoms with Crippen LogP contribution in [0.4, 0.5) is 21.9 Å². The number of carbonyl (C=O) groups excluding carboxylic acids is 3. The summed E-state index contributed by atoms with van der Waals surface area (Å²) < 4.78 is 9.94. The Morgan fingerprint density at radius 3 is 1.79 bits per heavy atom. The van der Waals surface area contributed by atoms with Crippen LogP contribution in [0.5, 0.6) is 0 Å². The van der Waals surface area contributed by atoms with Crippen molar-refractivity contribution in [2.45, 2.75) is 26.4 Å². The van der Waals surface area contributed by atoms with E-state index in [2.05, 4.69) is 16.0 Å². The third-order valence-corrected chi connectivity index (χ3v) is 3.49. The second-order valence-electron chi connectivity index (χ2n) is 7.22. The van der Waals surface area contributed by atoms with Crippen molar-refractivity contribution in [3.8, 4) is 0 Å². The van der Waals surface area contributed by atoms with Gasteiger partial charge in [-0.2, -0.15) is 0 Å². The SMILES string of the molecule is COCC(=O)Nc1ccc(NC(=O)c2ccc(NC(=O)OC(C)(C)C)cc2)cc1. The van der Waals surface area contributed by atoms with Crippen LogP contribution in [0.2, 0.25) is 0 Å². The lowest BCUT2D eigenvalue weighted by atomic mass is 10.2. The number of rotatable bonds is 6. The summed E-state index contributed by atoms with van der Waals surface area (Å²) in [5.74, 6) is -0.561. The molecule has 8 heteroatoms. The zero-order chi connectivity index (χ0) is 21.4. The van der Waals surface area contributed by atoms with Crippen molar-refractivity contribution in [1.82, 2.24) is 0 Å². The van der Waals surface area contributed by atoms with Crippen molar-refractivity contribution in [2.75, 3.05) is 29.7 Å². The third kappa shape index (κ3) is 7.63. The Hall–Kier alpha value is -3.39. The maximum atomic E-state index is 12.4. The van der Waals surface area contributed by atoms with Crippen molar-refractivity contribution in [3.63, 3.8) is 0 Å². The minimum absolute atomic E-state index is 0.0305. The molecule has 0 saturated carbocycles. The molecule has 0 spiro atoms. The van der Waals surface area contributed by atoms with Crippen LogP contribution in [0.1, 0.15) is 31.1 Å². The first-order valence-electron chi connectivity index (χ1n) is 8.96. The van der Waals surface area contributed by atoms with Crippen LogP contribution in [-0.4, -0.2) is 37.2 Å². The fourth-order valence-electron chi connectivity index (χ4n) is 2.29. The summed E-state index contributed by atoms with van der Waals surface area (Å²) in [6.07, 6.45) is -0.563. The monoisotopic (exact) mass is 399 g/mol. The summed E-state index contributed by atoms with van der Waals surface area (Å²) in [7, 11) is 1.44. The van der Waals surface area contributed by atoms with Gasteiger partial charge in [0, 0.05) is 29.7 Å². The standard InChI is InChI=1S/C21H25N3O5/c1-21(2,3)29-20(27)24-17-7-5-14(6-8-17)19(26)23-16-11-9-15(10-12-16)22-18(25)13-28-4/h5-12H,13H2,1-4H3,(H,22,25)(H,23,26)(H,24,27). The molecule has 2 aromatic rings. The van der Waals surface area contributed by atoms with Crippen LogP contribution in [-0.2, 0) is 14.3 Å². The largest absolute Gasteiger partial charge is 0.444 e. The lowest BCUT2D eigenvalue weighted by Crippen LogP contribution is -2.27. The number of hydrogen-bond acceptors (Lipinski definition) is 5. The Bertz CT molecular complexity index is 855. The molecule has 0 aliphatic heterocycles. The molecule has 154 valence electrons. The van der Waals surface area contributed by atoms with Crippen molar-refractivity contribution in [3.05, 3.63) is 54.1 Å². The number of carbonyl (C=O) groups is 3. The van der Waals surface area contributed by atoms with E-state index >= 15 is 0 Å². The number of methoxy groups -OCH3 is 1. The number of hydrogen-bond donors (Lipinski definition) is 3. The van der Waals surface area contributed by atoms with Gasteiger partial charge in [-0.15, -0.1) is 0 Å². The molecule has 0 radical (unpaired) electrons. The van der Waals surface area contributed by atoms with E-state index in [4.69, 9.17) is 9.47 Å². The molecule has 0 atom stereocenters. The molecular weight excluding hydrogens is 374 g/mol. The maximum Gasteiger partial charge on any atom is 0.412 e. The van der Waals surface area contributed by atoms with E-state index in [1.807, 2.05) is 0 Å². The number of benzene rings is 2. The molecule has 0 fully saturated rings. The van der Waals surface area contributed by atoms with Crippen LogP contribution < -0.4 is 16.0 Å². The topological polar surface area (TPSA) is 106 Å². The highest BCUT2D eigenvalue weighted by Crippen LogP contribution is 2.16. The van der Waals surface area contributed by atoms with Gasteiger partial charge in [0.1, 0.15) is 12.2 Å². The van der Waals surface area contributed by atoms with Gasteiger partial charge in [-0.25, -0.2) is 4.79 Å². The molecule has 3 amide bonds. The van der Waals surface area contributed by atoms with E-state index in [0.717, 1.165) is 0 Å². The lowest BCUT2D eigenvalue weighted by Gasteiger charge is -2.19. The summed E-state index contributed by atoms with van der Waals surface area (Å²) in [6, 6.07) is 13.1. The lowest BCUT2D eigenvalue weighted by molar-refractivity contribution is -0.119. The summed E-state index contributed by atoms with van der Waals surface area (Å²) in [5.41, 5.74) is 1.54. The first kappa shape index (κ1) is 21.9. The van der Waals surface area contributed by atoms with Crippen molar-refractivity contribution in [2.24, 2.45) is 0 Å². The normalized spacial score (nSPS) is 10.8. The number of amides is 3. The van der Waals surface area contributed by atoms with Gasteiger partial charge in [-0.1, -0.05) is 0 Å². The van der Waals surface area contributed by atoms with Gasteiger partial charge in [0.25, 0.3) is 5.91 Å². The van der Waals surface area contributed by atoms with Crippen LogP contribution >= 0.6 is 0 Å². The minimum atomic E-state index is -0.591. The number of ether oxygens (including phenoxy) is 2. The second kappa shape index (κ2) is 9.70. The first-order chi connectivity index (χ1) is 13.7. The molecule has 0 aliphatic rings. The van der Waals surface area contributed by atoms with Crippen molar-refractivity contribution < 1.29 is 23.9 Å². The highest BCUT2D eigenvalue weighted by molar-refractivity contribution is 6.04. The first-order valence-corrected chi connectivity index (χ1v) is 8.96. The van der Waals surface area contributed by atoms with Gasteiger partial charge in [-0.05, 0) is 69.3 Å². The Balaban J connectivity index is 1.92. The molecule has 2 rings (SSSR count). The van der Waals surface area contributed by atoms with Gasteiger partial charge < -0.3 is 20.1 Å². The van der Waals surface area contributed by atoms with E-state index < -0.39 is 11.7 Å². The number of anilines is 3. The summed E-state index contributed by atoms with van der Waals surface area (Å²) in [5, 5.41) is 8.05. The fraction of sp³-hybridized carbons (Fsp3) is 0.286. The molecule has 0 aliphatic carbocycles. The maximum absolute atomic E-state index is 12.4. The summed E-state index contributed by atoms with van der Waals surface area (Å²) in [4.78, 5) is 35.6. The third-order valence-electron chi connectivity index (χ3n) is 3.49. The molecule has 0 bridgehead atoms. The van der Waals surface area contributed by atoms with Crippen LogP contribution in [0.3, 0.4) is 0 Å². The van der Waals surface area contributed by atoms with E-state index in [-0.39, 0.29) is 18.4 Å². The van der Waals surface area contributed by atoms with E-state index in [9.17, 15) is 14.4 Å². The van der Waals surface area contributed by atoms with Gasteiger partial charge in [0.2, 0.25) is 5.91 Å². The highest BCUT2D eigenvalue weighted by Gasteiger charge is 2.16. The molecule has 2 aromatic carbocycles. The van der Waals surface area contributed by atoms with Crippen molar-refractivity contribution in [1.29, 1.82) is 0 Å². The van der Waals surface area contributed by atoms with Gasteiger partial charge >= 0.3 is 6.09 Å². The molecule has 0 unspecified atom stereocenters. The van der Waals surface area contributed by atoms with Gasteiger partial charge in [-0.3, -0.25) is 14.9 Å². The van der Waals surface area contributed by atoms with Crippen LogP contribution in [0, 0.1) is 0 Å². The van der Waals surface area contributed by atoms with Crippen LogP contribution in [0.15, 0.2) is 48.5 Å². The van der Waals surface area contributed by atoms with Crippen LogP contribution in [0.25, 0.3) is 0 Å². The molecule has 8 nitrogen and oxygen atoms in total. The average Bonchev–Trinajstić information content (AvgIpc) is 2.62. The molecule has 29 heavy (non-hydrogen) atoms. The predicted molar refractivity (Wildman–Crippen MR) is 111 cm³/mol. The number of nitrogens with one attached hydrogen (secondary N) is 3. The van der Waals surface area contributed by atoms with E-state index in [1.54, 1.807) is 69.3 Å². The van der Waals surface area contributed by atoms with E-state index in [0.29, 0.717) is 22.6 Å². The van der Waals surface area contributed by atoms with Gasteiger partial charge in [0.05, 0.1) is 0 Å². The predicted octanol–water partition coefficient (Wildman–Crippen LogP) is 3.87. The Kier molecular flexibility index (Phi) is 7.33. The Morgan fingerprint density at radius 2 is 1.28 bits per heavy atom.